The van der Waals surface area contributed by atoms with Gasteiger partial charge >= 0.3 is 5.97 Å². The third kappa shape index (κ3) is 5.06. The van der Waals surface area contributed by atoms with E-state index in [1.54, 1.807) is 50.4 Å². The standard InChI is InChI=1S/C17H14BrCl2NO2/c1-10(2)17(22)23-13-7-11(6-12(18)8-13)9-21-15-5-3-4-14(19)16(15)20/h3-10H,1-2H3. The van der Waals surface area contributed by atoms with Crippen molar-refractivity contribution < 1.29 is 9.53 Å². The molecule has 120 valence electrons. The van der Waals surface area contributed by atoms with Crippen LogP contribution in [0.1, 0.15) is 19.4 Å². The van der Waals surface area contributed by atoms with Crippen LogP contribution in [-0.2, 0) is 4.79 Å². The second-order valence-corrected chi connectivity index (χ2v) is 6.83. The van der Waals surface area contributed by atoms with Crippen molar-refractivity contribution in [3.63, 3.8) is 0 Å². The Morgan fingerprint density at radius 3 is 2.70 bits per heavy atom. The smallest absolute Gasteiger partial charge is 0.313 e. The Labute approximate surface area is 153 Å². The molecule has 0 heterocycles. The highest BCUT2D eigenvalue weighted by Gasteiger charge is 2.10. The molecule has 23 heavy (non-hydrogen) atoms. The molecule has 0 aliphatic heterocycles. The van der Waals surface area contributed by atoms with Gasteiger partial charge < -0.3 is 4.74 Å². The zero-order valence-corrected chi connectivity index (χ0v) is 15.6. The van der Waals surface area contributed by atoms with Crippen LogP contribution in [0.4, 0.5) is 5.69 Å². The molecule has 0 N–H and O–H groups in total. The molecule has 0 radical (unpaired) electrons. The fourth-order valence-corrected chi connectivity index (χ4v) is 2.52. The maximum absolute atomic E-state index is 11.7. The fourth-order valence-electron chi connectivity index (χ4n) is 1.69. The van der Waals surface area contributed by atoms with Crippen LogP contribution in [0.2, 0.25) is 10.0 Å². The number of esters is 1. The van der Waals surface area contributed by atoms with Crippen LogP contribution in [0.3, 0.4) is 0 Å². The number of aliphatic imine (C=N–C) groups is 1. The quantitative estimate of drug-likeness (QED) is 0.346. The average molecular weight is 415 g/mol. The Hall–Kier alpha value is -1.36. The lowest BCUT2D eigenvalue weighted by molar-refractivity contribution is -0.137. The molecule has 0 saturated heterocycles. The zero-order valence-electron chi connectivity index (χ0n) is 12.5. The van der Waals surface area contributed by atoms with Gasteiger partial charge in [0.1, 0.15) is 5.75 Å². The van der Waals surface area contributed by atoms with Gasteiger partial charge in [0, 0.05) is 10.7 Å². The van der Waals surface area contributed by atoms with Crippen LogP contribution in [0.25, 0.3) is 0 Å². The summed E-state index contributed by atoms with van der Waals surface area (Å²) in [7, 11) is 0. The van der Waals surface area contributed by atoms with Gasteiger partial charge in [0.2, 0.25) is 0 Å². The summed E-state index contributed by atoms with van der Waals surface area (Å²) >= 11 is 15.5. The predicted molar refractivity (Wildman–Crippen MR) is 98.3 cm³/mol. The number of hydrogen-bond donors (Lipinski definition) is 0. The lowest BCUT2D eigenvalue weighted by Crippen LogP contribution is -2.14. The Morgan fingerprint density at radius 2 is 2.00 bits per heavy atom. The summed E-state index contributed by atoms with van der Waals surface area (Å²) in [6.45, 7) is 3.56. The summed E-state index contributed by atoms with van der Waals surface area (Å²) in [6.07, 6.45) is 1.63. The minimum Gasteiger partial charge on any atom is -0.426 e. The number of ether oxygens (including phenoxy) is 1. The topological polar surface area (TPSA) is 38.7 Å². The molecule has 0 fully saturated rings. The molecule has 0 bridgehead atoms. The van der Waals surface area contributed by atoms with Gasteiger partial charge in [-0.1, -0.05) is 59.0 Å². The van der Waals surface area contributed by atoms with Gasteiger partial charge in [-0.2, -0.15) is 0 Å². The van der Waals surface area contributed by atoms with Crippen molar-refractivity contribution in [3.8, 4) is 5.75 Å². The normalized spacial score (nSPS) is 11.2. The lowest BCUT2D eigenvalue weighted by Gasteiger charge is -2.08. The molecule has 6 heteroatoms. The minimum atomic E-state index is -0.288. The van der Waals surface area contributed by atoms with E-state index in [9.17, 15) is 4.79 Å². The van der Waals surface area contributed by atoms with Crippen molar-refractivity contribution >= 4 is 57.0 Å². The molecule has 3 nitrogen and oxygen atoms in total. The van der Waals surface area contributed by atoms with Crippen LogP contribution < -0.4 is 4.74 Å². The molecule has 0 unspecified atom stereocenters. The van der Waals surface area contributed by atoms with Crippen LogP contribution in [0, 0.1) is 5.92 Å². The number of nitrogens with zero attached hydrogens (tertiary/aromatic N) is 1. The van der Waals surface area contributed by atoms with Crippen molar-refractivity contribution in [2.75, 3.05) is 0 Å². The van der Waals surface area contributed by atoms with E-state index in [4.69, 9.17) is 27.9 Å². The van der Waals surface area contributed by atoms with Crippen LogP contribution >= 0.6 is 39.1 Å². The zero-order chi connectivity index (χ0) is 17.0. The van der Waals surface area contributed by atoms with Gasteiger partial charge in [-0.3, -0.25) is 9.79 Å². The molecule has 2 aromatic carbocycles. The van der Waals surface area contributed by atoms with E-state index < -0.39 is 0 Å². The van der Waals surface area contributed by atoms with Gasteiger partial charge in [-0.05, 0) is 35.9 Å². The number of carbonyl (C=O) groups excluding carboxylic acids is 1. The minimum absolute atomic E-state index is 0.198. The predicted octanol–water partition coefficient (Wildman–Crippen LogP) is 6.07. The number of carbonyl (C=O) groups is 1. The van der Waals surface area contributed by atoms with Crippen molar-refractivity contribution in [1.29, 1.82) is 0 Å². The van der Waals surface area contributed by atoms with Crippen LogP contribution in [-0.4, -0.2) is 12.2 Å². The Balaban J connectivity index is 2.26. The molecule has 0 amide bonds. The summed E-state index contributed by atoms with van der Waals surface area (Å²) in [5.74, 6) is -0.0306. The SMILES string of the molecule is CC(C)C(=O)Oc1cc(Br)cc(C=Nc2cccc(Cl)c2Cl)c1. The van der Waals surface area contributed by atoms with Gasteiger partial charge in [0.05, 0.1) is 21.7 Å². The van der Waals surface area contributed by atoms with Crippen LogP contribution in [0.15, 0.2) is 45.9 Å². The van der Waals surface area contributed by atoms with E-state index in [1.807, 2.05) is 6.07 Å². The van der Waals surface area contributed by atoms with Gasteiger partial charge in [-0.15, -0.1) is 0 Å². The molecular formula is C17H14BrCl2NO2. The summed E-state index contributed by atoms with van der Waals surface area (Å²) < 4.78 is 6.10. The summed E-state index contributed by atoms with van der Waals surface area (Å²) in [4.78, 5) is 16.0. The van der Waals surface area contributed by atoms with E-state index in [1.165, 1.54) is 0 Å². The third-order valence-corrected chi connectivity index (χ3v) is 4.13. The Kier molecular flexibility index (Phi) is 6.22. The largest absolute Gasteiger partial charge is 0.426 e. The van der Waals surface area contributed by atoms with Gasteiger partial charge in [0.15, 0.2) is 0 Å². The first-order valence-electron chi connectivity index (χ1n) is 6.87. The van der Waals surface area contributed by atoms with Crippen molar-refractivity contribution in [2.24, 2.45) is 10.9 Å². The molecule has 0 aliphatic rings. The lowest BCUT2D eigenvalue weighted by atomic mass is 10.2. The molecule has 2 aromatic rings. The summed E-state index contributed by atoms with van der Waals surface area (Å²) in [5.41, 5.74) is 1.34. The van der Waals surface area contributed by atoms with Crippen molar-refractivity contribution in [1.82, 2.24) is 0 Å². The molecule has 0 atom stereocenters. The number of halogens is 3. The van der Waals surface area contributed by atoms with E-state index in [0.717, 1.165) is 10.0 Å². The monoisotopic (exact) mass is 413 g/mol. The fraction of sp³-hybridized carbons (Fsp3) is 0.176. The van der Waals surface area contributed by atoms with E-state index in [-0.39, 0.29) is 11.9 Å². The first kappa shape index (κ1) is 18.0. The van der Waals surface area contributed by atoms with E-state index >= 15 is 0 Å². The van der Waals surface area contributed by atoms with Crippen molar-refractivity contribution in [2.45, 2.75) is 13.8 Å². The second kappa shape index (κ2) is 7.95. The number of benzene rings is 2. The number of hydrogen-bond acceptors (Lipinski definition) is 3. The summed E-state index contributed by atoms with van der Waals surface area (Å²) in [6, 6.07) is 10.6. The molecule has 0 spiro atoms. The molecule has 0 aliphatic carbocycles. The average Bonchev–Trinajstić information content (AvgIpc) is 2.48. The van der Waals surface area contributed by atoms with Gasteiger partial charge in [-0.25, -0.2) is 0 Å². The van der Waals surface area contributed by atoms with Gasteiger partial charge in [0.25, 0.3) is 0 Å². The number of rotatable bonds is 4. The first-order valence-corrected chi connectivity index (χ1v) is 8.42. The Bertz CT molecular complexity index is 760. The van der Waals surface area contributed by atoms with E-state index in [0.29, 0.717) is 21.5 Å². The third-order valence-electron chi connectivity index (χ3n) is 2.87. The second-order valence-electron chi connectivity index (χ2n) is 5.13. The molecular weight excluding hydrogens is 401 g/mol. The molecule has 0 saturated carbocycles. The summed E-state index contributed by atoms with van der Waals surface area (Å²) in [5, 5.41) is 0.842. The maximum Gasteiger partial charge on any atom is 0.313 e. The molecule has 0 aromatic heterocycles. The van der Waals surface area contributed by atoms with Crippen LogP contribution in [0.5, 0.6) is 5.75 Å². The highest BCUT2D eigenvalue weighted by molar-refractivity contribution is 9.10. The maximum atomic E-state index is 11.7. The molecule has 2 rings (SSSR count). The highest BCUT2D eigenvalue weighted by Crippen LogP contribution is 2.31. The first-order chi connectivity index (χ1) is 10.9. The Morgan fingerprint density at radius 1 is 1.26 bits per heavy atom. The van der Waals surface area contributed by atoms with E-state index in [2.05, 4.69) is 20.9 Å². The highest BCUT2D eigenvalue weighted by atomic mass is 79.9. The van der Waals surface area contributed by atoms with Crippen molar-refractivity contribution in [3.05, 3.63) is 56.5 Å².